The van der Waals surface area contributed by atoms with Gasteiger partial charge in [-0.15, -0.1) is 17.5 Å². The van der Waals surface area contributed by atoms with Gasteiger partial charge in [-0.05, 0) is 57.2 Å². The molecule has 0 radical (unpaired) electrons. The van der Waals surface area contributed by atoms with Crippen LogP contribution in [-0.4, -0.2) is 44.4 Å². The number of anilines is 3. The lowest BCUT2D eigenvalue weighted by atomic mass is 10.2. The summed E-state index contributed by atoms with van der Waals surface area (Å²) in [5.74, 6) is 1.95. The Kier molecular flexibility index (Phi) is 13.3. The molecule has 0 unspecified atom stereocenters. The van der Waals surface area contributed by atoms with Crippen LogP contribution in [0.5, 0.6) is 17.2 Å². The predicted molar refractivity (Wildman–Crippen MR) is 170 cm³/mol. The van der Waals surface area contributed by atoms with Gasteiger partial charge >= 0.3 is 0 Å². The van der Waals surface area contributed by atoms with E-state index in [1.165, 1.54) is 0 Å². The molecule has 0 amide bonds. The Morgan fingerprint density at radius 2 is 1.00 bits per heavy atom. The molecule has 0 aliphatic heterocycles. The van der Waals surface area contributed by atoms with Gasteiger partial charge < -0.3 is 31.4 Å². The second kappa shape index (κ2) is 16.9. The van der Waals surface area contributed by atoms with Gasteiger partial charge in [-0.2, -0.15) is 15.3 Å². The van der Waals surface area contributed by atoms with Crippen molar-refractivity contribution < 1.29 is 14.2 Å². The first-order valence-electron chi connectivity index (χ1n) is 12.7. The third-order valence-electron chi connectivity index (χ3n) is 5.12. The van der Waals surface area contributed by atoms with E-state index in [0.717, 1.165) is 11.1 Å². The fraction of sp³-hybridized carbons (Fsp3) is 0.214. The summed E-state index contributed by atoms with van der Waals surface area (Å²) in [4.78, 5) is 0. The summed E-state index contributed by atoms with van der Waals surface area (Å²) >= 11 is 0. The third-order valence-corrected chi connectivity index (χ3v) is 5.12. The van der Waals surface area contributed by atoms with Crippen LogP contribution in [0.4, 0.5) is 17.1 Å². The van der Waals surface area contributed by atoms with Gasteiger partial charge in [0, 0.05) is 52.0 Å². The summed E-state index contributed by atoms with van der Waals surface area (Å²) in [7, 11) is 0. The zero-order valence-electron chi connectivity index (χ0n) is 23.2. The number of hydrogen-bond acceptors (Lipinski definition) is 10. The van der Waals surface area contributed by atoms with E-state index in [0.29, 0.717) is 59.7 Å². The number of ether oxygens (including phenoxy) is 3. The summed E-state index contributed by atoms with van der Waals surface area (Å²) in [5.41, 5.74) is 27.2. The van der Waals surface area contributed by atoms with Crippen LogP contribution in [0, 0.1) is 0 Å². The molecule has 3 rings (SSSR count). The maximum atomic E-state index is 5.88. The number of hydrogen-bond donors (Lipinski definition) is 5. The van der Waals surface area contributed by atoms with E-state index >= 15 is 0 Å². The Bertz CT molecular complexity index is 1320. The fourth-order valence-corrected chi connectivity index (χ4v) is 3.36. The Hall–Kier alpha value is -4.97. The highest BCUT2D eigenvalue weighted by Crippen LogP contribution is 2.22. The molecule has 13 heteroatoms. The molecule has 218 valence electrons. The smallest absolute Gasteiger partial charge is 0.257 e. The van der Waals surface area contributed by atoms with E-state index in [-0.39, 0.29) is 18.4 Å². The van der Waals surface area contributed by atoms with Crippen molar-refractivity contribution in [2.75, 3.05) is 37.0 Å². The number of guanidine groups is 1. The molecule has 0 fully saturated rings. The summed E-state index contributed by atoms with van der Waals surface area (Å²) in [6.45, 7) is 7.12. The number of rotatable bonds is 12. The van der Waals surface area contributed by atoms with Gasteiger partial charge in [-0.25, -0.2) is 10.9 Å². The first-order valence-corrected chi connectivity index (χ1v) is 12.7. The highest BCUT2D eigenvalue weighted by atomic mass is 35.5. The topological polar surface area (TPSA) is 179 Å². The van der Waals surface area contributed by atoms with Crippen LogP contribution in [0.3, 0.4) is 0 Å². The molecule has 3 aromatic carbocycles. The van der Waals surface area contributed by atoms with Crippen molar-refractivity contribution in [1.29, 1.82) is 0 Å². The molecule has 0 bridgehead atoms. The van der Waals surface area contributed by atoms with E-state index in [4.69, 9.17) is 31.4 Å². The highest BCUT2D eigenvalue weighted by Gasteiger charge is 2.05. The summed E-state index contributed by atoms with van der Waals surface area (Å²) in [6.07, 6.45) is 4.70. The number of nitrogens with one attached hydrogen (secondary N) is 2. The molecule has 0 saturated carbocycles. The van der Waals surface area contributed by atoms with Crippen molar-refractivity contribution >= 4 is 54.1 Å². The van der Waals surface area contributed by atoms with E-state index < -0.39 is 0 Å². The van der Waals surface area contributed by atoms with Crippen LogP contribution in [0.1, 0.15) is 37.5 Å². The second-order valence-corrected chi connectivity index (χ2v) is 8.12. The van der Waals surface area contributed by atoms with E-state index in [1.807, 2.05) is 20.8 Å². The molecule has 0 atom stereocenters. The van der Waals surface area contributed by atoms with Gasteiger partial charge in [0.1, 0.15) is 17.2 Å². The molecular weight excluding hydrogens is 546 g/mol. The SMILES string of the molecule is CCOc1cc(N)ccc1C=NN=C(NN=Cc1ccc(N)cc1OCC)NN=Cc1ccc(N)cc1OCC.Cl. The normalized spacial score (nSPS) is 10.9. The van der Waals surface area contributed by atoms with Gasteiger partial charge in [0.15, 0.2) is 0 Å². The van der Waals surface area contributed by atoms with Gasteiger partial charge in [0.2, 0.25) is 0 Å². The molecule has 0 aromatic heterocycles. The average Bonchev–Trinajstić information content (AvgIpc) is 2.92. The van der Waals surface area contributed by atoms with Crippen LogP contribution in [-0.2, 0) is 0 Å². The van der Waals surface area contributed by atoms with E-state index in [1.54, 1.807) is 73.2 Å². The lowest BCUT2D eigenvalue weighted by Crippen LogP contribution is -2.30. The third kappa shape index (κ3) is 10.3. The summed E-state index contributed by atoms with van der Waals surface area (Å²) < 4.78 is 16.9. The molecule has 0 aliphatic carbocycles. The molecule has 3 aromatic rings. The number of benzene rings is 3. The monoisotopic (exact) mass is 581 g/mol. The van der Waals surface area contributed by atoms with E-state index in [9.17, 15) is 0 Å². The number of hydrazone groups is 2. The first kappa shape index (κ1) is 32.2. The van der Waals surface area contributed by atoms with Crippen LogP contribution >= 0.6 is 12.4 Å². The van der Waals surface area contributed by atoms with Crippen molar-refractivity contribution in [3.8, 4) is 17.2 Å². The molecule has 0 aliphatic rings. The first-order chi connectivity index (χ1) is 19.4. The van der Waals surface area contributed by atoms with Crippen molar-refractivity contribution in [1.82, 2.24) is 10.9 Å². The Morgan fingerprint density at radius 1 is 0.634 bits per heavy atom. The van der Waals surface area contributed by atoms with Crippen LogP contribution in [0.15, 0.2) is 75.0 Å². The lowest BCUT2D eigenvalue weighted by molar-refractivity contribution is 0.340. The predicted octanol–water partition coefficient (Wildman–Crippen LogP) is 3.99. The standard InChI is InChI=1S/C28H35N9O3.ClH/c1-4-38-25-13-22(29)10-7-19(25)16-32-35-28(36-33-17-20-8-11-23(30)14-26(20)39-5-2)37-34-18-21-9-12-24(31)15-27(21)40-6-3;/h7-18H,4-6,29-31H2,1-3H3,(H2,35,36,37);1H. The van der Waals surface area contributed by atoms with Crippen molar-refractivity contribution in [2.24, 2.45) is 20.4 Å². The van der Waals surface area contributed by atoms with Gasteiger partial charge in [-0.3, -0.25) is 0 Å². The quantitative estimate of drug-likeness (QED) is 0.0921. The molecular formula is C28H36ClN9O3. The molecule has 41 heavy (non-hydrogen) atoms. The summed E-state index contributed by atoms with van der Waals surface area (Å²) in [6, 6.07) is 15.9. The molecule has 0 spiro atoms. The minimum Gasteiger partial charge on any atom is -0.493 e. The fourth-order valence-electron chi connectivity index (χ4n) is 3.36. The van der Waals surface area contributed by atoms with Crippen LogP contribution in [0.2, 0.25) is 0 Å². The Morgan fingerprint density at radius 3 is 1.37 bits per heavy atom. The number of halogens is 1. The maximum absolute atomic E-state index is 5.88. The Labute approximate surface area is 245 Å². The highest BCUT2D eigenvalue weighted by molar-refractivity contribution is 5.89. The van der Waals surface area contributed by atoms with Gasteiger partial charge in [0.05, 0.1) is 38.5 Å². The zero-order valence-corrected chi connectivity index (χ0v) is 24.0. The van der Waals surface area contributed by atoms with Crippen LogP contribution in [0.25, 0.3) is 0 Å². The minimum absolute atomic E-state index is 0. The van der Waals surface area contributed by atoms with Crippen molar-refractivity contribution in [3.63, 3.8) is 0 Å². The maximum Gasteiger partial charge on any atom is 0.257 e. The Balaban J connectivity index is 0.00000588. The number of nitrogen functional groups attached to an aromatic ring is 3. The van der Waals surface area contributed by atoms with Gasteiger partial charge in [-0.1, -0.05) is 0 Å². The van der Waals surface area contributed by atoms with E-state index in [2.05, 4.69) is 31.3 Å². The largest absolute Gasteiger partial charge is 0.493 e. The van der Waals surface area contributed by atoms with Gasteiger partial charge in [0.25, 0.3) is 5.96 Å². The van der Waals surface area contributed by atoms with Crippen molar-refractivity contribution in [2.45, 2.75) is 20.8 Å². The lowest BCUT2D eigenvalue weighted by Gasteiger charge is -2.09. The second-order valence-electron chi connectivity index (χ2n) is 8.12. The minimum atomic E-state index is 0. The molecule has 8 N–H and O–H groups in total. The molecule has 0 heterocycles. The van der Waals surface area contributed by atoms with Crippen molar-refractivity contribution in [3.05, 3.63) is 71.3 Å². The summed E-state index contributed by atoms with van der Waals surface area (Å²) in [5, 5.41) is 16.9. The molecule has 0 saturated heterocycles. The average molecular weight is 582 g/mol. The van der Waals surface area contributed by atoms with Crippen LogP contribution < -0.4 is 42.3 Å². The number of nitrogens with zero attached hydrogens (tertiary/aromatic N) is 4. The number of nitrogens with two attached hydrogens (primary N) is 3. The molecule has 12 nitrogen and oxygen atoms in total. The zero-order chi connectivity index (χ0) is 28.7.